The largest absolute Gasteiger partial charge is 0.433 e. The van der Waals surface area contributed by atoms with Crippen LogP contribution in [0, 0.1) is 60.8 Å². The van der Waals surface area contributed by atoms with Crippen LogP contribution in [0.5, 0.6) is 0 Å². The Morgan fingerprint density at radius 1 is 0.344 bits per heavy atom. The minimum Gasteiger partial charge on any atom is -0.383 e. The number of sulfonamides is 1. The van der Waals surface area contributed by atoms with Crippen molar-refractivity contribution in [3.8, 4) is 12.3 Å². The van der Waals surface area contributed by atoms with E-state index in [0.717, 1.165) is 97.1 Å². The normalized spacial score (nSPS) is 11.4. The molecular formula is C90H114F3N25O4S3. The number of primary sulfonamides is 1. The molecule has 0 radical (unpaired) electrons. The second-order valence-electron chi connectivity index (χ2n) is 31.8. The molecule has 662 valence electrons. The van der Waals surface area contributed by atoms with E-state index in [1.54, 1.807) is 75.8 Å². The molecule has 12 aromatic heterocycles. The topological polar surface area (TPSA) is 482 Å². The second-order valence-corrected chi connectivity index (χ2v) is 36.1. The summed E-state index contributed by atoms with van der Waals surface area (Å²) in [5.41, 5.74) is 53.5. The molecule has 0 bridgehead atoms. The van der Waals surface area contributed by atoms with Crippen LogP contribution >= 0.6 is 11.8 Å². The summed E-state index contributed by atoms with van der Waals surface area (Å²) < 4.78 is 85.0. The summed E-state index contributed by atoms with van der Waals surface area (Å²) in [6.07, 6.45) is 28.0. The maximum Gasteiger partial charge on any atom is 0.433 e. The third-order valence-electron chi connectivity index (χ3n) is 19.7. The Balaban J connectivity index is 0.000000206. The van der Waals surface area contributed by atoms with E-state index in [-0.39, 0.29) is 40.0 Å². The van der Waals surface area contributed by atoms with Crippen molar-refractivity contribution in [1.82, 2.24) is 89.7 Å². The average molecular weight is 1760 g/mol. The molecule has 0 aliphatic rings. The minimum absolute atomic E-state index is 0.0531. The van der Waals surface area contributed by atoms with Gasteiger partial charge in [-0.25, -0.2) is 102 Å². The van der Waals surface area contributed by atoms with E-state index in [0.29, 0.717) is 118 Å². The van der Waals surface area contributed by atoms with Crippen LogP contribution in [0.3, 0.4) is 0 Å². The van der Waals surface area contributed by atoms with Gasteiger partial charge in [-0.15, -0.1) is 18.2 Å². The number of nitrogens with two attached hydrogens (primary N) is 7. The molecule has 29 nitrogen and oxygen atoms in total. The van der Waals surface area contributed by atoms with Crippen LogP contribution in [0.25, 0.3) is 0 Å². The second kappa shape index (κ2) is 44.4. The Morgan fingerprint density at radius 2 is 0.600 bits per heavy atom. The van der Waals surface area contributed by atoms with Crippen LogP contribution < -0.4 is 39.5 Å². The molecule has 0 aliphatic heterocycles. The zero-order valence-corrected chi connectivity index (χ0v) is 77.2. The SMILES string of the molecule is C#Cc1cc(Cc2cnc(C)nc2N)c(C(C)C)cn1.CSc1cc(Cc2cnc(C)nc2N)c(C(C)C)cn1.Cc1cc(Cc2cnc(C)nc2N)c(C(C)C)cn1.Cc1ncc(Cc2cc(C(F)(F)F)ncc2C(C)C)c(N)n1.Cc1ncc(Cc2cc(S(C)(=O)=O)ncc2C(C)C)c(N)n1.Cc1ncc(Cc2cc(S(N)(=O)=O)ncc2C(C)C)c(N)n1. The number of sulfone groups is 1. The highest BCUT2D eigenvalue weighted by Crippen LogP contribution is 2.34. The molecule has 12 rings (SSSR count). The third-order valence-corrected chi connectivity index (χ3v) is 22.1. The number of thioether (sulfide) groups is 1. The first-order valence-electron chi connectivity index (χ1n) is 40.2. The molecular weight excluding hydrogens is 1650 g/mol. The van der Waals surface area contributed by atoms with Crippen LogP contribution in [0.15, 0.2) is 126 Å². The Labute approximate surface area is 736 Å². The molecule has 0 atom stereocenters. The first-order valence-corrected chi connectivity index (χ1v) is 44.9. The van der Waals surface area contributed by atoms with Gasteiger partial charge in [0.1, 0.15) is 81.2 Å². The van der Waals surface area contributed by atoms with Crippen LogP contribution in [-0.4, -0.2) is 119 Å². The number of terminal acetylenes is 1. The van der Waals surface area contributed by atoms with Crippen molar-refractivity contribution in [2.45, 2.75) is 227 Å². The van der Waals surface area contributed by atoms with Gasteiger partial charge in [-0.2, -0.15) is 13.2 Å². The summed E-state index contributed by atoms with van der Waals surface area (Å²) in [5, 5.41) is 6.09. The van der Waals surface area contributed by atoms with E-state index in [1.807, 2.05) is 113 Å². The molecule has 35 heteroatoms. The summed E-state index contributed by atoms with van der Waals surface area (Å²) >= 11 is 1.65. The number of pyridine rings is 6. The van der Waals surface area contributed by atoms with Gasteiger partial charge in [0, 0.05) is 158 Å². The lowest BCUT2D eigenvalue weighted by Crippen LogP contribution is -2.15. The van der Waals surface area contributed by atoms with Crippen molar-refractivity contribution in [3.05, 3.63) is 263 Å². The van der Waals surface area contributed by atoms with Gasteiger partial charge >= 0.3 is 6.18 Å². The Morgan fingerprint density at radius 3 is 0.880 bits per heavy atom. The molecule has 0 aliphatic carbocycles. The smallest absolute Gasteiger partial charge is 0.383 e. The quantitative estimate of drug-likeness (QED) is 0.0259. The fourth-order valence-corrected chi connectivity index (χ4v) is 14.5. The summed E-state index contributed by atoms with van der Waals surface area (Å²) in [7, 11) is -7.20. The van der Waals surface area contributed by atoms with E-state index >= 15 is 0 Å². The maximum absolute atomic E-state index is 12.9. The highest BCUT2D eigenvalue weighted by atomic mass is 32.2. The van der Waals surface area contributed by atoms with Crippen molar-refractivity contribution in [3.63, 3.8) is 0 Å². The number of rotatable bonds is 21. The number of hydrogen-bond donors (Lipinski definition) is 7. The molecule has 12 heterocycles. The molecule has 0 amide bonds. The highest BCUT2D eigenvalue weighted by molar-refractivity contribution is 7.98. The lowest BCUT2D eigenvalue weighted by atomic mass is 9.94. The molecule has 0 saturated carbocycles. The molecule has 0 spiro atoms. The van der Waals surface area contributed by atoms with Crippen LogP contribution in [0.2, 0.25) is 0 Å². The number of anilines is 6. The number of aromatic nitrogens is 18. The van der Waals surface area contributed by atoms with Gasteiger partial charge in [-0.1, -0.05) is 89.0 Å². The van der Waals surface area contributed by atoms with E-state index in [2.05, 4.69) is 149 Å². The van der Waals surface area contributed by atoms with Crippen LogP contribution in [0.1, 0.15) is 271 Å². The van der Waals surface area contributed by atoms with E-state index in [1.165, 1.54) is 40.1 Å². The Kier molecular flexibility index (Phi) is 35.4. The molecule has 0 fully saturated rings. The van der Waals surface area contributed by atoms with Gasteiger partial charge in [-0.3, -0.25) is 9.97 Å². The third kappa shape index (κ3) is 29.5. The molecule has 0 saturated heterocycles. The monoisotopic (exact) mass is 1760 g/mol. The molecule has 125 heavy (non-hydrogen) atoms. The maximum atomic E-state index is 12.9. The van der Waals surface area contributed by atoms with Gasteiger partial charge in [0.05, 0.1) is 5.03 Å². The van der Waals surface area contributed by atoms with Gasteiger partial charge in [0.15, 0.2) is 19.9 Å². The molecule has 0 unspecified atom stereocenters. The zero-order valence-electron chi connectivity index (χ0n) is 74.8. The summed E-state index contributed by atoms with van der Waals surface area (Å²) in [6, 6.07) is 10.4. The lowest BCUT2D eigenvalue weighted by Gasteiger charge is -2.15. The Bertz CT molecular complexity index is 5910. The number of hydrogen-bond acceptors (Lipinski definition) is 29. The van der Waals surface area contributed by atoms with Crippen molar-refractivity contribution in [1.29, 1.82) is 0 Å². The van der Waals surface area contributed by atoms with Crippen molar-refractivity contribution in [2.24, 2.45) is 5.14 Å². The first-order chi connectivity index (χ1) is 58.5. The molecule has 0 aromatic carbocycles. The first kappa shape index (κ1) is 99.8. The van der Waals surface area contributed by atoms with Gasteiger partial charge < -0.3 is 34.4 Å². The summed E-state index contributed by atoms with van der Waals surface area (Å²) in [6.45, 7) is 37.6. The fraction of sp³-hybridized carbons (Fsp3) is 0.378. The molecule has 12 aromatic rings. The van der Waals surface area contributed by atoms with Crippen molar-refractivity contribution >= 4 is 66.5 Å². The minimum atomic E-state index is -4.47. The number of alkyl halides is 3. The van der Waals surface area contributed by atoms with E-state index in [4.69, 9.17) is 46.0 Å². The summed E-state index contributed by atoms with van der Waals surface area (Å²) in [4.78, 5) is 74.6. The fourth-order valence-electron chi connectivity index (χ4n) is 13.0. The number of halogens is 3. The van der Waals surface area contributed by atoms with E-state index in [9.17, 15) is 30.0 Å². The van der Waals surface area contributed by atoms with Gasteiger partial charge in [-0.05, 0) is 193 Å². The number of aryl methyl sites for hydroxylation is 7. The van der Waals surface area contributed by atoms with Crippen LogP contribution in [-0.2, 0) is 64.6 Å². The lowest BCUT2D eigenvalue weighted by molar-refractivity contribution is -0.141. The van der Waals surface area contributed by atoms with Gasteiger partial charge in [0.25, 0.3) is 10.0 Å². The predicted molar refractivity (Wildman–Crippen MR) is 488 cm³/mol. The Hall–Kier alpha value is -12.3. The van der Waals surface area contributed by atoms with E-state index < -0.39 is 31.7 Å². The summed E-state index contributed by atoms with van der Waals surface area (Å²) in [5.74, 6) is 10.8. The molecule has 14 N–H and O–H groups in total. The number of nitrogens with zero attached hydrogens (tertiary/aromatic N) is 18. The highest BCUT2D eigenvalue weighted by Gasteiger charge is 2.33. The van der Waals surface area contributed by atoms with Gasteiger partial charge in [0.2, 0.25) is 0 Å². The standard InChI is InChI=1S/C16H18N4.C15H17F3N4.C15H20N4O2S.C15H20N4S.C15H20N4.C14H19N5O2S/c1-5-14-7-12(15(9-19-14)10(2)3)6-13-8-18-11(4)20-16(13)17;1-8(2)12-7-21-13(15(16,17)18)5-10(12)4-11-6-20-9(3)22-14(11)19;1-9(2)13-8-18-14(22(4,20)21)6-11(13)5-12-7-17-10(3)19-15(12)16;1-9(2)13-8-18-14(20-4)6-11(13)5-12-7-17-10(3)19-15(12)16;1-9(2)14-8-17-10(3)5-12(14)6-13-7-18-11(4)19-15(13)16;1-8(2)12-7-18-13(22(16,20)21)5-10(12)4-11-6-17-9(3)19-14(11)15/h1,7-10H,6H2,2-4H3,(H2,17,18,20);5-8H,4H2,1-3H3,(H2,19,20,22);6-9H,5H2,1-4H3,(H2,16,17,19);6-9H,5H2,1-4H3,(H2,16,17,19);5,7-9H,6H2,1-4H3,(H2,16,18,19);5-8H,4H2,1-3H3,(H2,15,17,19)(H2,16,20,21). The number of nitrogen functional groups attached to an aromatic ring is 6. The predicted octanol–water partition coefficient (Wildman–Crippen LogP) is 14.9. The zero-order chi connectivity index (χ0) is 92.9. The van der Waals surface area contributed by atoms with Crippen molar-refractivity contribution in [2.75, 3.05) is 46.9 Å². The average Bonchev–Trinajstić information content (AvgIpc) is 0.812. The van der Waals surface area contributed by atoms with Crippen LogP contribution in [0.4, 0.5) is 48.1 Å². The van der Waals surface area contributed by atoms with Crippen molar-refractivity contribution < 1.29 is 30.0 Å².